The lowest BCUT2D eigenvalue weighted by Gasteiger charge is -2.27. The van der Waals surface area contributed by atoms with Crippen molar-refractivity contribution in [2.45, 2.75) is 24.8 Å². The fourth-order valence-electron chi connectivity index (χ4n) is 2.11. The highest BCUT2D eigenvalue weighted by Gasteiger charge is 2.19. The first-order chi connectivity index (χ1) is 10.6. The van der Waals surface area contributed by atoms with Gasteiger partial charge in [-0.1, -0.05) is 12.1 Å². The van der Waals surface area contributed by atoms with E-state index in [0.717, 1.165) is 18.0 Å². The van der Waals surface area contributed by atoms with Crippen LogP contribution in [0, 0.1) is 5.92 Å². The summed E-state index contributed by atoms with van der Waals surface area (Å²) in [5, 5.41) is 9.00. The van der Waals surface area contributed by atoms with Gasteiger partial charge in [0.15, 0.2) is 0 Å². The molecule has 6 heteroatoms. The van der Waals surface area contributed by atoms with Gasteiger partial charge in [0.2, 0.25) is 5.91 Å². The number of hydrogen-bond donors (Lipinski definition) is 3. The first kappa shape index (κ1) is 16.8. The zero-order chi connectivity index (χ0) is 15.9. The van der Waals surface area contributed by atoms with Crippen LogP contribution in [0.3, 0.4) is 0 Å². The molecular formula is C16H23N3O2S. The summed E-state index contributed by atoms with van der Waals surface area (Å²) in [4.78, 5) is 24.9. The maximum Gasteiger partial charge on any atom is 0.252 e. The Hall–Kier alpha value is -1.53. The molecule has 0 atom stereocenters. The van der Waals surface area contributed by atoms with Gasteiger partial charge in [-0.3, -0.25) is 9.59 Å². The van der Waals surface area contributed by atoms with Crippen molar-refractivity contribution in [3.8, 4) is 0 Å². The molecule has 1 aromatic rings. The van der Waals surface area contributed by atoms with Crippen LogP contribution in [0.4, 0.5) is 0 Å². The largest absolute Gasteiger partial charge is 0.353 e. The highest BCUT2D eigenvalue weighted by molar-refractivity contribution is 8.00. The molecule has 2 rings (SSSR count). The molecular weight excluding hydrogens is 298 g/mol. The average Bonchev–Trinajstić information content (AvgIpc) is 2.43. The van der Waals surface area contributed by atoms with E-state index < -0.39 is 0 Å². The Morgan fingerprint density at radius 2 is 2.05 bits per heavy atom. The molecule has 1 saturated heterocycles. The Labute approximate surface area is 135 Å². The van der Waals surface area contributed by atoms with Crippen LogP contribution in [0.2, 0.25) is 0 Å². The van der Waals surface area contributed by atoms with Crippen molar-refractivity contribution in [1.29, 1.82) is 0 Å². The molecule has 120 valence electrons. The Balaban J connectivity index is 1.90. The molecule has 0 spiro atoms. The lowest BCUT2D eigenvalue weighted by atomic mass is 10.0. The summed E-state index contributed by atoms with van der Waals surface area (Å²) in [6.07, 6.45) is 0. The van der Waals surface area contributed by atoms with Crippen molar-refractivity contribution in [2.24, 2.45) is 5.92 Å². The smallest absolute Gasteiger partial charge is 0.252 e. The number of thioether (sulfide) groups is 1. The summed E-state index contributed by atoms with van der Waals surface area (Å²) in [5.41, 5.74) is 0.636. The maximum absolute atomic E-state index is 12.3. The Morgan fingerprint density at radius 1 is 1.32 bits per heavy atom. The van der Waals surface area contributed by atoms with Gasteiger partial charge in [0.25, 0.3) is 5.91 Å². The molecule has 22 heavy (non-hydrogen) atoms. The molecule has 2 amide bonds. The van der Waals surface area contributed by atoms with Gasteiger partial charge in [0.05, 0.1) is 11.3 Å². The summed E-state index contributed by atoms with van der Waals surface area (Å²) in [6.45, 7) is 6.48. The second kappa shape index (κ2) is 8.19. The van der Waals surface area contributed by atoms with Crippen LogP contribution in [-0.4, -0.2) is 43.2 Å². The topological polar surface area (TPSA) is 70.2 Å². The summed E-state index contributed by atoms with van der Waals surface area (Å²) >= 11 is 1.39. The molecule has 1 fully saturated rings. The van der Waals surface area contributed by atoms with E-state index in [1.165, 1.54) is 11.8 Å². The van der Waals surface area contributed by atoms with E-state index in [9.17, 15) is 9.59 Å². The van der Waals surface area contributed by atoms with E-state index in [4.69, 9.17) is 0 Å². The molecule has 0 aromatic heterocycles. The van der Waals surface area contributed by atoms with Gasteiger partial charge in [-0.25, -0.2) is 0 Å². The van der Waals surface area contributed by atoms with Crippen LogP contribution in [0.15, 0.2) is 29.2 Å². The standard InChI is InChI=1S/C16H23N3O2S/c1-11(2)19-15(20)10-22-14-6-4-3-5-13(14)16(21)18-9-12-7-17-8-12/h3-6,11-12,17H,7-10H2,1-2H3,(H,18,21)(H,19,20). The van der Waals surface area contributed by atoms with Gasteiger partial charge in [0, 0.05) is 36.5 Å². The number of amides is 2. The second-order valence-corrected chi connectivity index (χ2v) is 6.76. The number of nitrogens with one attached hydrogen (secondary N) is 3. The Kier molecular flexibility index (Phi) is 6.27. The molecule has 0 radical (unpaired) electrons. The van der Waals surface area contributed by atoms with Crippen molar-refractivity contribution >= 4 is 23.6 Å². The van der Waals surface area contributed by atoms with Crippen LogP contribution in [-0.2, 0) is 4.79 Å². The SMILES string of the molecule is CC(C)NC(=O)CSc1ccccc1C(=O)NCC1CNC1. The van der Waals surface area contributed by atoms with Gasteiger partial charge in [0.1, 0.15) is 0 Å². The molecule has 1 aromatic carbocycles. The van der Waals surface area contributed by atoms with Crippen LogP contribution < -0.4 is 16.0 Å². The molecule has 1 heterocycles. The molecule has 5 nitrogen and oxygen atoms in total. The van der Waals surface area contributed by atoms with Crippen molar-refractivity contribution < 1.29 is 9.59 Å². The Bertz CT molecular complexity index is 530. The van der Waals surface area contributed by atoms with Gasteiger partial charge in [-0.05, 0) is 26.0 Å². The molecule has 0 aliphatic carbocycles. The molecule has 3 N–H and O–H groups in total. The predicted molar refractivity (Wildman–Crippen MR) is 89.1 cm³/mol. The lowest BCUT2D eigenvalue weighted by Crippen LogP contribution is -2.48. The van der Waals surface area contributed by atoms with E-state index in [1.807, 2.05) is 32.0 Å². The number of hydrogen-bond acceptors (Lipinski definition) is 4. The molecule has 1 aliphatic rings. The van der Waals surface area contributed by atoms with Crippen molar-refractivity contribution in [2.75, 3.05) is 25.4 Å². The summed E-state index contributed by atoms with van der Waals surface area (Å²) < 4.78 is 0. The third-order valence-corrected chi connectivity index (χ3v) is 4.43. The highest BCUT2D eigenvalue weighted by atomic mass is 32.2. The quantitative estimate of drug-likeness (QED) is 0.661. The third-order valence-electron chi connectivity index (χ3n) is 3.36. The number of rotatable bonds is 7. The minimum Gasteiger partial charge on any atom is -0.353 e. The van der Waals surface area contributed by atoms with Crippen LogP contribution >= 0.6 is 11.8 Å². The zero-order valence-corrected chi connectivity index (χ0v) is 13.8. The molecule has 0 saturated carbocycles. The van der Waals surface area contributed by atoms with Crippen molar-refractivity contribution in [3.63, 3.8) is 0 Å². The van der Waals surface area contributed by atoms with Crippen molar-refractivity contribution in [1.82, 2.24) is 16.0 Å². The van der Waals surface area contributed by atoms with Gasteiger partial charge < -0.3 is 16.0 Å². The third kappa shape index (κ3) is 5.03. The fourth-order valence-corrected chi connectivity index (χ4v) is 2.97. The summed E-state index contributed by atoms with van der Waals surface area (Å²) in [6, 6.07) is 7.54. The predicted octanol–water partition coefficient (Wildman–Crippen LogP) is 1.25. The first-order valence-corrected chi connectivity index (χ1v) is 8.55. The molecule has 1 aliphatic heterocycles. The van der Waals surface area contributed by atoms with E-state index in [2.05, 4.69) is 16.0 Å². The lowest BCUT2D eigenvalue weighted by molar-refractivity contribution is -0.119. The number of carbonyl (C=O) groups excluding carboxylic acids is 2. The maximum atomic E-state index is 12.3. The second-order valence-electron chi connectivity index (χ2n) is 5.74. The first-order valence-electron chi connectivity index (χ1n) is 7.56. The van der Waals surface area contributed by atoms with Crippen LogP contribution in [0.25, 0.3) is 0 Å². The minimum atomic E-state index is -0.0701. The normalized spacial score (nSPS) is 14.5. The fraction of sp³-hybridized carbons (Fsp3) is 0.500. The number of carbonyl (C=O) groups is 2. The minimum absolute atomic E-state index is 0.0178. The van der Waals surface area contributed by atoms with Gasteiger partial charge in [-0.15, -0.1) is 11.8 Å². The van der Waals surface area contributed by atoms with Crippen molar-refractivity contribution in [3.05, 3.63) is 29.8 Å². The van der Waals surface area contributed by atoms with Gasteiger partial charge >= 0.3 is 0 Å². The molecule has 0 unspecified atom stereocenters. The van der Waals surface area contributed by atoms with Crippen LogP contribution in [0.1, 0.15) is 24.2 Å². The zero-order valence-electron chi connectivity index (χ0n) is 13.0. The van der Waals surface area contributed by atoms with E-state index in [-0.39, 0.29) is 17.9 Å². The molecule has 0 bridgehead atoms. The van der Waals surface area contributed by atoms with E-state index in [0.29, 0.717) is 23.8 Å². The average molecular weight is 321 g/mol. The van der Waals surface area contributed by atoms with Crippen LogP contribution in [0.5, 0.6) is 0 Å². The summed E-state index contributed by atoms with van der Waals surface area (Å²) in [5.74, 6) is 0.755. The number of benzene rings is 1. The van der Waals surface area contributed by atoms with Gasteiger partial charge in [-0.2, -0.15) is 0 Å². The monoisotopic (exact) mass is 321 g/mol. The highest BCUT2D eigenvalue weighted by Crippen LogP contribution is 2.22. The van der Waals surface area contributed by atoms with E-state index in [1.54, 1.807) is 6.07 Å². The Morgan fingerprint density at radius 3 is 2.68 bits per heavy atom. The summed E-state index contributed by atoms with van der Waals surface area (Å²) in [7, 11) is 0. The van der Waals surface area contributed by atoms with E-state index >= 15 is 0 Å².